The molecule has 1 unspecified atom stereocenters. The van der Waals surface area contributed by atoms with Crippen molar-refractivity contribution in [1.82, 2.24) is 19.6 Å². The molecular weight excluding hydrogens is 625 g/mol. The molecule has 2 aromatic carbocycles. The Hall–Kier alpha value is -4.18. The van der Waals surface area contributed by atoms with Gasteiger partial charge in [0.1, 0.15) is 11.8 Å². The standard InChI is InChI=1S/C29H28F5N5O5S/c1-35-28(41)18-8-7-17(11-21(18)40)38(14-16-12-37-19(13-36-16)15-5-3-2-4-6-15)29(42)20-9-10-39(20)45(43,44)27-25(33)23(31)22(30)24(32)26(27)34/h7-8,11-13,15,20,40H,2-6,9-10,14H2,1H3,(H,35,41). The molecule has 1 aromatic heterocycles. The number of halogens is 5. The van der Waals surface area contributed by atoms with Gasteiger partial charge >= 0.3 is 0 Å². The van der Waals surface area contributed by atoms with Gasteiger partial charge in [-0.05, 0) is 31.4 Å². The molecule has 1 atom stereocenters. The van der Waals surface area contributed by atoms with E-state index in [2.05, 4.69) is 15.3 Å². The molecule has 3 aromatic rings. The van der Waals surface area contributed by atoms with Gasteiger partial charge in [0.2, 0.25) is 21.7 Å². The van der Waals surface area contributed by atoms with Gasteiger partial charge in [-0.15, -0.1) is 0 Å². The number of anilines is 1. The summed E-state index contributed by atoms with van der Waals surface area (Å²) >= 11 is 0. The van der Waals surface area contributed by atoms with Crippen molar-refractivity contribution >= 4 is 27.5 Å². The number of phenolic OH excluding ortho intramolecular Hbond substituents is 1. The summed E-state index contributed by atoms with van der Waals surface area (Å²) in [5.41, 5.74) is 0.933. The molecule has 1 aliphatic carbocycles. The highest BCUT2D eigenvalue weighted by atomic mass is 32.2. The van der Waals surface area contributed by atoms with Crippen LogP contribution in [-0.2, 0) is 21.4 Å². The number of nitrogens with zero attached hydrogens (tertiary/aromatic N) is 4. The van der Waals surface area contributed by atoms with Crippen LogP contribution in [0, 0.1) is 29.1 Å². The molecule has 0 bridgehead atoms. The Morgan fingerprint density at radius 3 is 2.13 bits per heavy atom. The highest BCUT2D eigenvalue weighted by molar-refractivity contribution is 7.89. The van der Waals surface area contributed by atoms with Gasteiger partial charge in [0, 0.05) is 37.5 Å². The maximum absolute atomic E-state index is 14.5. The lowest BCUT2D eigenvalue weighted by molar-refractivity contribution is -0.125. The van der Waals surface area contributed by atoms with E-state index in [1.165, 1.54) is 25.4 Å². The minimum Gasteiger partial charge on any atom is -0.507 e. The first-order valence-electron chi connectivity index (χ1n) is 14.1. The molecule has 1 aliphatic heterocycles. The fourth-order valence-corrected chi connectivity index (χ4v) is 7.28. The second kappa shape index (κ2) is 12.7. The number of aromatic hydroxyl groups is 1. The van der Waals surface area contributed by atoms with Crippen LogP contribution < -0.4 is 10.2 Å². The minimum absolute atomic E-state index is 0.00351. The first-order chi connectivity index (χ1) is 21.4. The van der Waals surface area contributed by atoms with Crippen molar-refractivity contribution in [2.24, 2.45) is 0 Å². The van der Waals surface area contributed by atoms with Gasteiger partial charge in [0.15, 0.2) is 28.2 Å². The second-order valence-corrected chi connectivity index (χ2v) is 12.6. The largest absolute Gasteiger partial charge is 0.507 e. The van der Waals surface area contributed by atoms with Crippen LogP contribution >= 0.6 is 0 Å². The quantitative estimate of drug-likeness (QED) is 0.211. The maximum Gasteiger partial charge on any atom is 0.254 e. The van der Waals surface area contributed by atoms with Crippen molar-refractivity contribution in [2.45, 2.75) is 61.9 Å². The van der Waals surface area contributed by atoms with E-state index in [-0.39, 0.29) is 35.8 Å². The number of phenols is 1. The van der Waals surface area contributed by atoms with E-state index >= 15 is 0 Å². The summed E-state index contributed by atoms with van der Waals surface area (Å²) in [6.45, 7) is -0.759. The van der Waals surface area contributed by atoms with Crippen LogP contribution in [0.2, 0.25) is 0 Å². The van der Waals surface area contributed by atoms with Crippen molar-refractivity contribution in [3.63, 3.8) is 0 Å². The number of benzene rings is 2. The normalized spacial score (nSPS) is 17.5. The lowest BCUT2D eigenvalue weighted by Gasteiger charge is -2.41. The lowest BCUT2D eigenvalue weighted by Crippen LogP contribution is -2.59. The third kappa shape index (κ3) is 5.95. The molecule has 5 rings (SSSR count). The predicted molar refractivity (Wildman–Crippen MR) is 149 cm³/mol. The molecule has 1 saturated carbocycles. The number of amides is 2. The summed E-state index contributed by atoms with van der Waals surface area (Å²) in [7, 11) is -4.05. The first kappa shape index (κ1) is 32.2. The summed E-state index contributed by atoms with van der Waals surface area (Å²) in [5, 5.41) is 12.9. The molecule has 2 amide bonds. The fraction of sp³-hybridized carbons (Fsp3) is 0.379. The van der Waals surface area contributed by atoms with E-state index in [0.717, 1.165) is 48.8 Å². The van der Waals surface area contributed by atoms with Crippen LogP contribution in [0.3, 0.4) is 0 Å². The Balaban J connectivity index is 1.49. The van der Waals surface area contributed by atoms with Crippen molar-refractivity contribution in [2.75, 3.05) is 18.5 Å². The first-order valence-corrected chi connectivity index (χ1v) is 15.5. The Labute approximate surface area is 254 Å². The highest BCUT2D eigenvalue weighted by Gasteiger charge is 2.48. The Bertz CT molecular complexity index is 1720. The van der Waals surface area contributed by atoms with Crippen LogP contribution in [0.4, 0.5) is 27.6 Å². The van der Waals surface area contributed by atoms with Gasteiger partial charge in [-0.3, -0.25) is 19.6 Å². The zero-order chi connectivity index (χ0) is 32.6. The molecule has 2 N–H and O–H groups in total. The SMILES string of the molecule is CNC(=O)c1ccc(N(Cc2cnc(C3CCCCC3)cn2)C(=O)C2CCN2S(=O)(=O)c2c(F)c(F)c(F)c(F)c2F)cc1O. The molecule has 0 radical (unpaired) electrons. The van der Waals surface area contributed by atoms with Crippen LogP contribution in [-0.4, -0.2) is 59.2 Å². The zero-order valence-corrected chi connectivity index (χ0v) is 24.7. The summed E-state index contributed by atoms with van der Waals surface area (Å²) in [6, 6.07) is 2.02. The molecule has 0 spiro atoms. The number of carbonyl (C=O) groups excluding carboxylic acids is 2. The van der Waals surface area contributed by atoms with Crippen molar-refractivity contribution in [1.29, 1.82) is 0 Å². The molecule has 2 aliphatic rings. The van der Waals surface area contributed by atoms with Crippen LogP contribution in [0.5, 0.6) is 5.75 Å². The van der Waals surface area contributed by atoms with E-state index in [9.17, 15) is 45.1 Å². The number of hydrogen-bond acceptors (Lipinski definition) is 7. The van der Waals surface area contributed by atoms with Crippen LogP contribution in [0.15, 0.2) is 35.5 Å². The molecule has 45 heavy (non-hydrogen) atoms. The van der Waals surface area contributed by atoms with Gasteiger partial charge in [-0.2, -0.15) is 4.31 Å². The van der Waals surface area contributed by atoms with E-state index in [1.54, 1.807) is 6.20 Å². The van der Waals surface area contributed by atoms with Gasteiger partial charge in [-0.25, -0.2) is 30.4 Å². The molecule has 16 heteroatoms. The molecule has 10 nitrogen and oxygen atoms in total. The number of rotatable bonds is 8. The number of aromatic nitrogens is 2. The van der Waals surface area contributed by atoms with Gasteiger partial charge in [0.25, 0.3) is 5.91 Å². The smallest absolute Gasteiger partial charge is 0.254 e. The third-order valence-corrected chi connectivity index (χ3v) is 10.0. The summed E-state index contributed by atoms with van der Waals surface area (Å²) in [5.74, 6) is -14.4. The summed E-state index contributed by atoms with van der Waals surface area (Å²) in [4.78, 5) is 33.9. The lowest BCUT2D eigenvalue weighted by atomic mass is 9.87. The number of hydrogen-bond donors (Lipinski definition) is 2. The number of sulfonamides is 1. The van der Waals surface area contributed by atoms with Gasteiger partial charge in [-0.1, -0.05) is 19.3 Å². The number of nitrogens with one attached hydrogen (secondary N) is 1. The third-order valence-electron chi connectivity index (χ3n) is 8.09. The van der Waals surface area contributed by atoms with Crippen molar-refractivity contribution in [3.05, 3.63) is 76.6 Å². The van der Waals surface area contributed by atoms with E-state index in [0.29, 0.717) is 4.31 Å². The fourth-order valence-electron chi connectivity index (χ4n) is 5.53. The highest BCUT2D eigenvalue weighted by Crippen LogP contribution is 2.36. The average Bonchev–Trinajstić information content (AvgIpc) is 3.01. The molecular formula is C29H28F5N5O5S. The minimum atomic E-state index is -5.40. The Kier molecular flexibility index (Phi) is 9.07. The monoisotopic (exact) mass is 653 g/mol. The predicted octanol–water partition coefficient (Wildman–Crippen LogP) is 4.28. The molecule has 2 fully saturated rings. The van der Waals surface area contributed by atoms with E-state index in [4.69, 9.17) is 0 Å². The van der Waals surface area contributed by atoms with E-state index < -0.39 is 74.2 Å². The van der Waals surface area contributed by atoms with Crippen molar-refractivity contribution < 1.29 is 45.1 Å². The molecule has 2 heterocycles. The summed E-state index contributed by atoms with van der Waals surface area (Å²) in [6.07, 6.45) is 8.09. The van der Waals surface area contributed by atoms with E-state index in [1.807, 2.05) is 0 Å². The van der Waals surface area contributed by atoms with Crippen LogP contribution in [0.25, 0.3) is 0 Å². The zero-order valence-electron chi connectivity index (χ0n) is 23.9. The topological polar surface area (TPSA) is 133 Å². The summed E-state index contributed by atoms with van der Waals surface area (Å²) < 4.78 is 97.1. The van der Waals surface area contributed by atoms with Gasteiger partial charge in [0.05, 0.1) is 29.7 Å². The number of carbonyl (C=O) groups is 2. The maximum atomic E-state index is 14.5. The molecule has 1 saturated heterocycles. The van der Waals surface area contributed by atoms with Gasteiger partial charge < -0.3 is 15.3 Å². The van der Waals surface area contributed by atoms with Crippen molar-refractivity contribution in [3.8, 4) is 5.75 Å². The Morgan fingerprint density at radius 1 is 0.956 bits per heavy atom. The second-order valence-electron chi connectivity index (χ2n) is 10.8. The Morgan fingerprint density at radius 2 is 1.60 bits per heavy atom. The average molecular weight is 654 g/mol. The van der Waals surface area contributed by atoms with Crippen LogP contribution in [0.1, 0.15) is 66.2 Å². The molecule has 240 valence electrons.